The van der Waals surface area contributed by atoms with Crippen molar-refractivity contribution < 1.29 is 14.0 Å². The molecule has 1 aliphatic rings. The Morgan fingerprint density at radius 3 is 2.73 bits per heavy atom. The van der Waals surface area contributed by atoms with Gasteiger partial charge in [-0.3, -0.25) is 9.59 Å². The Balaban J connectivity index is 1.50. The van der Waals surface area contributed by atoms with E-state index in [1.807, 2.05) is 30.3 Å². The van der Waals surface area contributed by atoms with Crippen LogP contribution in [0.3, 0.4) is 0 Å². The summed E-state index contributed by atoms with van der Waals surface area (Å²) in [6.45, 7) is 1.25. The van der Waals surface area contributed by atoms with Crippen molar-refractivity contribution in [3.8, 4) is 0 Å². The summed E-state index contributed by atoms with van der Waals surface area (Å²) >= 11 is 5.96. The van der Waals surface area contributed by atoms with Crippen molar-refractivity contribution in [2.45, 2.75) is 19.4 Å². The van der Waals surface area contributed by atoms with E-state index in [2.05, 4.69) is 5.32 Å². The average molecular weight is 375 g/mol. The Labute approximate surface area is 157 Å². The van der Waals surface area contributed by atoms with E-state index in [-0.39, 0.29) is 35.7 Å². The molecule has 1 saturated heterocycles. The van der Waals surface area contributed by atoms with Crippen molar-refractivity contribution >= 4 is 23.4 Å². The third kappa shape index (κ3) is 4.61. The third-order valence-corrected chi connectivity index (χ3v) is 4.92. The van der Waals surface area contributed by atoms with Gasteiger partial charge in [-0.25, -0.2) is 4.39 Å². The van der Waals surface area contributed by atoms with Crippen LogP contribution in [0.5, 0.6) is 0 Å². The number of nitrogens with one attached hydrogen (secondary N) is 1. The Morgan fingerprint density at radius 1 is 1.23 bits per heavy atom. The number of nitrogens with zero attached hydrogens (tertiary/aromatic N) is 1. The van der Waals surface area contributed by atoms with Crippen LogP contribution in [0, 0.1) is 11.7 Å². The lowest BCUT2D eigenvalue weighted by Gasteiger charge is -2.16. The first-order valence-corrected chi connectivity index (χ1v) is 8.94. The van der Waals surface area contributed by atoms with Crippen LogP contribution in [0.2, 0.25) is 5.02 Å². The minimum absolute atomic E-state index is 0.000829. The van der Waals surface area contributed by atoms with Gasteiger partial charge in [-0.15, -0.1) is 0 Å². The fourth-order valence-corrected chi connectivity index (χ4v) is 3.30. The SMILES string of the molecule is O=C(NCc1ccc(F)cc1Cl)[C@H]1CC(=O)N(CCc2ccccc2)C1. The molecule has 0 aliphatic carbocycles. The molecule has 1 aliphatic heterocycles. The van der Waals surface area contributed by atoms with Gasteiger partial charge in [-0.2, -0.15) is 0 Å². The predicted molar refractivity (Wildman–Crippen MR) is 98.1 cm³/mol. The highest BCUT2D eigenvalue weighted by Gasteiger charge is 2.33. The molecule has 26 heavy (non-hydrogen) atoms. The van der Waals surface area contributed by atoms with E-state index < -0.39 is 5.82 Å². The Bertz CT molecular complexity index is 798. The number of halogens is 2. The molecule has 0 aromatic heterocycles. The smallest absolute Gasteiger partial charge is 0.225 e. The first-order valence-electron chi connectivity index (χ1n) is 8.56. The van der Waals surface area contributed by atoms with Gasteiger partial charge in [0.25, 0.3) is 0 Å². The summed E-state index contributed by atoms with van der Waals surface area (Å²) in [7, 11) is 0. The van der Waals surface area contributed by atoms with Crippen molar-refractivity contribution in [1.82, 2.24) is 10.2 Å². The zero-order chi connectivity index (χ0) is 18.5. The maximum absolute atomic E-state index is 13.1. The van der Waals surface area contributed by atoms with Gasteiger partial charge in [0.1, 0.15) is 5.82 Å². The summed E-state index contributed by atoms with van der Waals surface area (Å²) < 4.78 is 13.1. The van der Waals surface area contributed by atoms with Crippen molar-refractivity contribution in [3.63, 3.8) is 0 Å². The Hall–Kier alpha value is -2.40. The second-order valence-electron chi connectivity index (χ2n) is 6.43. The van der Waals surface area contributed by atoms with Gasteiger partial charge in [0.15, 0.2) is 0 Å². The highest BCUT2D eigenvalue weighted by molar-refractivity contribution is 6.31. The molecule has 1 fully saturated rings. The van der Waals surface area contributed by atoms with E-state index in [4.69, 9.17) is 11.6 Å². The molecule has 1 atom stereocenters. The number of amides is 2. The van der Waals surface area contributed by atoms with E-state index in [0.717, 1.165) is 6.42 Å². The molecule has 1 N–H and O–H groups in total. The Morgan fingerprint density at radius 2 is 2.00 bits per heavy atom. The van der Waals surface area contributed by atoms with Gasteiger partial charge < -0.3 is 10.2 Å². The molecule has 0 spiro atoms. The molecular formula is C20H20ClFN2O2. The first kappa shape index (κ1) is 18.4. The lowest BCUT2D eigenvalue weighted by molar-refractivity contribution is -0.129. The minimum atomic E-state index is -0.416. The molecule has 1 heterocycles. The van der Waals surface area contributed by atoms with E-state index in [9.17, 15) is 14.0 Å². The van der Waals surface area contributed by atoms with Gasteiger partial charge >= 0.3 is 0 Å². The second-order valence-corrected chi connectivity index (χ2v) is 6.84. The van der Waals surface area contributed by atoms with E-state index in [1.54, 1.807) is 11.0 Å². The zero-order valence-electron chi connectivity index (χ0n) is 14.3. The number of rotatable bonds is 6. The van der Waals surface area contributed by atoms with Gasteiger partial charge in [-0.05, 0) is 29.7 Å². The van der Waals surface area contributed by atoms with E-state index >= 15 is 0 Å². The summed E-state index contributed by atoms with van der Waals surface area (Å²) in [5.41, 5.74) is 1.81. The fourth-order valence-electron chi connectivity index (χ4n) is 3.06. The Kier molecular flexibility index (Phi) is 5.89. The maximum Gasteiger partial charge on any atom is 0.225 e. The lowest BCUT2D eigenvalue weighted by atomic mass is 10.1. The second kappa shape index (κ2) is 8.32. The topological polar surface area (TPSA) is 49.4 Å². The minimum Gasteiger partial charge on any atom is -0.352 e. The van der Waals surface area contributed by atoms with Gasteiger partial charge in [0.2, 0.25) is 11.8 Å². The van der Waals surface area contributed by atoms with Crippen LogP contribution in [0.25, 0.3) is 0 Å². The number of carbonyl (C=O) groups excluding carboxylic acids is 2. The number of hydrogen-bond donors (Lipinski definition) is 1. The molecule has 0 bridgehead atoms. The van der Waals surface area contributed by atoms with E-state index in [1.165, 1.54) is 17.7 Å². The predicted octanol–water partition coefficient (Wildman–Crippen LogP) is 3.19. The van der Waals surface area contributed by atoms with Gasteiger partial charge in [0.05, 0.1) is 5.92 Å². The quantitative estimate of drug-likeness (QED) is 0.844. The van der Waals surface area contributed by atoms with Crippen LogP contribution in [0.1, 0.15) is 17.5 Å². The third-order valence-electron chi connectivity index (χ3n) is 4.57. The van der Waals surface area contributed by atoms with Crippen molar-refractivity contribution in [3.05, 3.63) is 70.5 Å². The molecule has 136 valence electrons. The molecule has 2 amide bonds. The lowest BCUT2D eigenvalue weighted by Crippen LogP contribution is -2.33. The standard InChI is InChI=1S/C20H20ClFN2O2/c21-18-11-17(22)7-6-15(18)12-23-20(26)16-10-19(25)24(13-16)9-8-14-4-2-1-3-5-14/h1-7,11,16H,8-10,12-13H2,(H,23,26)/t16-/m0/s1. The van der Waals surface area contributed by atoms with Crippen LogP contribution in [-0.4, -0.2) is 29.8 Å². The highest BCUT2D eigenvalue weighted by Crippen LogP contribution is 2.20. The van der Waals surface area contributed by atoms with Gasteiger partial charge in [-0.1, -0.05) is 48.0 Å². The summed E-state index contributed by atoms with van der Waals surface area (Å²) in [5, 5.41) is 3.07. The monoisotopic (exact) mass is 374 g/mol. The van der Waals surface area contributed by atoms with E-state index in [0.29, 0.717) is 18.7 Å². The molecule has 2 aromatic carbocycles. The molecular weight excluding hydrogens is 355 g/mol. The normalized spacial score (nSPS) is 16.8. The van der Waals surface area contributed by atoms with Crippen molar-refractivity contribution in [2.75, 3.05) is 13.1 Å². The molecule has 0 unspecified atom stereocenters. The molecule has 4 nitrogen and oxygen atoms in total. The van der Waals surface area contributed by atoms with Crippen LogP contribution in [0.15, 0.2) is 48.5 Å². The fraction of sp³-hybridized carbons (Fsp3) is 0.300. The summed E-state index contributed by atoms with van der Waals surface area (Å²) in [6.07, 6.45) is 0.990. The number of carbonyl (C=O) groups is 2. The molecule has 3 rings (SSSR count). The first-order chi connectivity index (χ1) is 12.5. The summed E-state index contributed by atoms with van der Waals surface area (Å²) in [4.78, 5) is 26.3. The highest BCUT2D eigenvalue weighted by atomic mass is 35.5. The van der Waals surface area contributed by atoms with Crippen LogP contribution < -0.4 is 5.32 Å². The van der Waals surface area contributed by atoms with Crippen LogP contribution in [0.4, 0.5) is 4.39 Å². The van der Waals surface area contributed by atoms with Crippen molar-refractivity contribution in [2.24, 2.45) is 5.92 Å². The van der Waals surface area contributed by atoms with Crippen molar-refractivity contribution in [1.29, 1.82) is 0 Å². The molecule has 0 saturated carbocycles. The average Bonchev–Trinajstić information content (AvgIpc) is 3.01. The molecule has 2 aromatic rings. The molecule has 0 radical (unpaired) electrons. The van der Waals surface area contributed by atoms with Crippen LogP contribution >= 0.6 is 11.6 Å². The number of hydrogen-bond acceptors (Lipinski definition) is 2. The number of benzene rings is 2. The largest absolute Gasteiger partial charge is 0.352 e. The summed E-state index contributed by atoms with van der Waals surface area (Å²) in [5.74, 6) is -0.958. The number of likely N-dealkylation sites (tertiary alicyclic amines) is 1. The van der Waals surface area contributed by atoms with Crippen LogP contribution in [-0.2, 0) is 22.6 Å². The maximum atomic E-state index is 13.1. The zero-order valence-corrected chi connectivity index (χ0v) is 15.0. The van der Waals surface area contributed by atoms with Gasteiger partial charge in [0, 0.05) is 31.1 Å². The molecule has 6 heteroatoms. The summed E-state index contributed by atoms with van der Waals surface area (Å²) in [6, 6.07) is 14.0.